The van der Waals surface area contributed by atoms with E-state index in [0.29, 0.717) is 11.1 Å². The van der Waals surface area contributed by atoms with E-state index < -0.39 is 0 Å². The van der Waals surface area contributed by atoms with Crippen LogP contribution in [0.3, 0.4) is 0 Å². The van der Waals surface area contributed by atoms with Gasteiger partial charge in [-0.3, -0.25) is 10.8 Å². The molecule has 0 saturated carbocycles. The van der Waals surface area contributed by atoms with E-state index in [0.717, 1.165) is 46.2 Å². The summed E-state index contributed by atoms with van der Waals surface area (Å²) in [7, 11) is 0. The topological polar surface area (TPSA) is 56.9 Å². The fraction of sp³-hybridized carbons (Fsp3) is 0.0400. The fourth-order valence-corrected chi connectivity index (χ4v) is 7.17. The van der Waals surface area contributed by atoms with Gasteiger partial charge in [0.25, 0.3) is 0 Å². The molecule has 0 aliphatic heterocycles. The van der Waals surface area contributed by atoms with Crippen molar-refractivity contribution in [2.75, 3.05) is 0 Å². The minimum absolute atomic E-state index is 0.0525. The summed E-state index contributed by atoms with van der Waals surface area (Å²) in [4.78, 5) is 0. The molecule has 7 aromatic rings. The predicted octanol–water partition coefficient (Wildman–Crippen LogP) is 13.1. The highest BCUT2D eigenvalue weighted by molar-refractivity contribution is 6.07. The van der Waals surface area contributed by atoms with Crippen molar-refractivity contribution in [3.05, 3.63) is 211 Å². The van der Waals surface area contributed by atoms with E-state index in [9.17, 15) is 0 Å². The molecule has 0 atom stereocenters. The SMILES string of the molecule is N=C(OC(=N)c1cccc(-c2cccc(-c3cc(-c4ccccc4)c(-c4ccccc4)c(C4=CCCC=C4)c3-c3ccccc3)c2)c1)c1ccccc1. The Balaban J connectivity index is 1.32. The summed E-state index contributed by atoms with van der Waals surface area (Å²) in [6, 6.07) is 60.4. The molecule has 8 rings (SSSR count). The van der Waals surface area contributed by atoms with Gasteiger partial charge in [-0.15, -0.1) is 0 Å². The molecule has 7 aromatic carbocycles. The Kier molecular flexibility index (Phi) is 9.54. The van der Waals surface area contributed by atoms with Crippen molar-refractivity contribution < 1.29 is 4.74 Å². The number of nitrogens with one attached hydrogen (secondary N) is 2. The Bertz CT molecular complexity index is 2480. The first kappa shape index (κ1) is 33.3. The molecule has 3 nitrogen and oxygen atoms in total. The summed E-state index contributed by atoms with van der Waals surface area (Å²) in [5.74, 6) is -0.117. The summed E-state index contributed by atoms with van der Waals surface area (Å²) in [5, 5.41) is 17.1. The van der Waals surface area contributed by atoms with Crippen LogP contribution in [0, 0.1) is 10.8 Å². The van der Waals surface area contributed by atoms with Crippen LogP contribution in [0.25, 0.3) is 61.2 Å². The molecule has 0 amide bonds. The van der Waals surface area contributed by atoms with Gasteiger partial charge < -0.3 is 4.74 Å². The third kappa shape index (κ3) is 7.06. The third-order valence-corrected chi connectivity index (χ3v) is 9.69. The maximum atomic E-state index is 8.71. The molecule has 0 heterocycles. The van der Waals surface area contributed by atoms with E-state index in [1.165, 1.54) is 33.4 Å². The minimum atomic E-state index is -0.0642. The number of ether oxygens (including phenoxy) is 1. The van der Waals surface area contributed by atoms with Gasteiger partial charge >= 0.3 is 0 Å². The second kappa shape index (κ2) is 15.2. The molecule has 0 saturated heterocycles. The smallest absolute Gasteiger partial charge is 0.221 e. The summed E-state index contributed by atoms with van der Waals surface area (Å²) in [6.07, 6.45) is 9.02. The Morgan fingerprint density at radius 1 is 0.396 bits per heavy atom. The van der Waals surface area contributed by atoms with Crippen LogP contribution in [0.5, 0.6) is 0 Å². The molecule has 254 valence electrons. The summed E-state index contributed by atoms with van der Waals surface area (Å²) >= 11 is 0. The largest absolute Gasteiger partial charge is 0.421 e. The lowest BCUT2D eigenvalue weighted by Gasteiger charge is -2.25. The lowest BCUT2D eigenvalue weighted by atomic mass is 9.77. The first-order valence-electron chi connectivity index (χ1n) is 18.0. The Morgan fingerprint density at radius 3 is 1.47 bits per heavy atom. The van der Waals surface area contributed by atoms with Crippen LogP contribution in [0.2, 0.25) is 0 Å². The fourth-order valence-electron chi connectivity index (χ4n) is 7.17. The van der Waals surface area contributed by atoms with E-state index >= 15 is 0 Å². The maximum absolute atomic E-state index is 8.71. The summed E-state index contributed by atoms with van der Waals surface area (Å²) in [5.41, 5.74) is 15.0. The molecule has 3 heteroatoms. The zero-order valence-electron chi connectivity index (χ0n) is 29.3. The lowest BCUT2D eigenvalue weighted by molar-refractivity contribution is 0.538. The normalized spacial score (nSPS) is 12.2. The number of hydrogen-bond acceptors (Lipinski definition) is 3. The number of allylic oxidation sites excluding steroid dienone is 4. The van der Waals surface area contributed by atoms with Gasteiger partial charge in [0.05, 0.1) is 0 Å². The van der Waals surface area contributed by atoms with Crippen LogP contribution in [-0.2, 0) is 4.74 Å². The highest BCUT2D eigenvalue weighted by Crippen LogP contribution is 2.49. The molecular weight excluding hydrogens is 645 g/mol. The molecule has 0 radical (unpaired) electrons. The maximum Gasteiger partial charge on any atom is 0.221 e. The van der Waals surface area contributed by atoms with Crippen molar-refractivity contribution in [2.45, 2.75) is 12.8 Å². The molecule has 0 fully saturated rings. The molecule has 0 unspecified atom stereocenters. The third-order valence-electron chi connectivity index (χ3n) is 9.69. The van der Waals surface area contributed by atoms with Crippen LogP contribution in [-0.4, -0.2) is 11.8 Å². The number of benzene rings is 7. The molecule has 1 aliphatic rings. The van der Waals surface area contributed by atoms with E-state index in [4.69, 9.17) is 15.6 Å². The van der Waals surface area contributed by atoms with Crippen molar-refractivity contribution >= 4 is 17.4 Å². The van der Waals surface area contributed by atoms with E-state index in [1.54, 1.807) is 0 Å². The lowest BCUT2D eigenvalue weighted by Crippen LogP contribution is -2.12. The molecule has 0 bridgehead atoms. The average Bonchev–Trinajstić information content (AvgIpc) is 3.24. The quantitative estimate of drug-likeness (QED) is 0.122. The van der Waals surface area contributed by atoms with Gasteiger partial charge in [-0.05, 0) is 116 Å². The zero-order valence-corrected chi connectivity index (χ0v) is 29.3. The van der Waals surface area contributed by atoms with Gasteiger partial charge in [-0.1, -0.05) is 158 Å². The average molecular weight is 683 g/mol. The second-order valence-corrected chi connectivity index (χ2v) is 13.1. The zero-order chi connectivity index (χ0) is 36.0. The molecule has 1 aliphatic carbocycles. The van der Waals surface area contributed by atoms with E-state index in [1.807, 2.05) is 48.5 Å². The molecule has 53 heavy (non-hydrogen) atoms. The van der Waals surface area contributed by atoms with Crippen LogP contribution >= 0.6 is 0 Å². The summed E-state index contributed by atoms with van der Waals surface area (Å²) in [6.45, 7) is 0. The van der Waals surface area contributed by atoms with Gasteiger partial charge in [-0.25, -0.2) is 0 Å². The van der Waals surface area contributed by atoms with Gasteiger partial charge in [-0.2, -0.15) is 0 Å². The van der Waals surface area contributed by atoms with Crippen LogP contribution in [0.4, 0.5) is 0 Å². The van der Waals surface area contributed by atoms with E-state index in [-0.39, 0.29) is 11.8 Å². The van der Waals surface area contributed by atoms with Crippen molar-refractivity contribution in [3.63, 3.8) is 0 Å². The van der Waals surface area contributed by atoms with Crippen LogP contribution < -0.4 is 0 Å². The van der Waals surface area contributed by atoms with Crippen molar-refractivity contribution in [1.29, 1.82) is 10.8 Å². The monoisotopic (exact) mass is 682 g/mol. The predicted molar refractivity (Wildman–Crippen MR) is 221 cm³/mol. The molecular formula is C50H38N2O. The van der Waals surface area contributed by atoms with E-state index in [2.05, 4.69) is 146 Å². The Labute approximate surface area is 311 Å². The Morgan fingerprint density at radius 2 is 0.868 bits per heavy atom. The van der Waals surface area contributed by atoms with Gasteiger partial charge in [0.1, 0.15) is 0 Å². The number of rotatable bonds is 8. The van der Waals surface area contributed by atoms with Gasteiger partial charge in [0.2, 0.25) is 11.8 Å². The molecule has 0 spiro atoms. The first-order chi connectivity index (χ1) is 26.1. The first-order valence-corrected chi connectivity index (χ1v) is 18.0. The Hall–Kier alpha value is -6.84. The molecule has 2 N–H and O–H groups in total. The number of hydrogen-bond donors (Lipinski definition) is 2. The molecule has 0 aromatic heterocycles. The minimum Gasteiger partial charge on any atom is -0.421 e. The standard InChI is InChI=1S/C50H38N2O/c51-49(39-26-14-5-15-27-39)53-50(52)43-31-17-29-41(33-43)40-28-16-30-42(32-40)45-34-44(35-18-6-1-7-19-35)46(36-20-8-2-9-21-36)48(38-24-12-4-13-25-38)47(45)37-22-10-3-11-23-37/h1-3,5-12,14-34,51-52H,4,13H2. The second-order valence-electron chi connectivity index (χ2n) is 13.1. The highest BCUT2D eigenvalue weighted by Gasteiger charge is 2.24. The van der Waals surface area contributed by atoms with Crippen LogP contribution in [0.15, 0.2) is 194 Å². The van der Waals surface area contributed by atoms with Crippen molar-refractivity contribution in [2.24, 2.45) is 0 Å². The summed E-state index contributed by atoms with van der Waals surface area (Å²) < 4.78 is 5.70. The van der Waals surface area contributed by atoms with Crippen LogP contribution in [0.1, 0.15) is 29.5 Å². The highest BCUT2D eigenvalue weighted by atomic mass is 16.5. The van der Waals surface area contributed by atoms with Crippen molar-refractivity contribution in [1.82, 2.24) is 0 Å². The van der Waals surface area contributed by atoms with Gasteiger partial charge in [0.15, 0.2) is 0 Å². The van der Waals surface area contributed by atoms with Crippen molar-refractivity contribution in [3.8, 4) is 55.6 Å². The van der Waals surface area contributed by atoms with Gasteiger partial charge in [0, 0.05) is 11.1 Å².